The van der Waals surface area contributed by atoms with Gasteiger partial charge in [0.25, 0.3) is 0 Å². The lowest BCUT2D eigenvalue weighted by Gasteiger charge is -2.55. The average molecular weight is 633 g/mol. The summed E-state index contributed by atoms with van der Waals surface area (Å²) in [4.78, 5) is 0. The quantitative estimate of drug-likeness (QED) is 0.216. The van der Waals surface area contributed by atoms with Crippen molar-refractivity contribution in [3.8, 4) is 0 Å². The second kappa shape index (κ2) is 12.3. The maximum Gasteiger partial charge on any atom is 0.0162 e. The average Bonchev–Trinajstić information content (AvgIpc) is 3.37. The first kappa shape index (κ1) is 31.8. The van der Waals surface area contributed by atoms with Crippen LogP contribution in [0.3, 0.4) is 0 Å². The molecule has 16 bridgehead atoms. The summed E-state index contributed by atoms with van der Waals surface area (Å²) in [5.74, 6) is 14.0. The number of hydrogen-bond acceptors (Lipinski definition) is 4. The lowest BCUT2D eigenvalue weighted by Crippen LogP contribution is -2.55. The van der Waals surface area contributed by atoms with E-state index < -0.39 is 0 Å². The molecular formula is C42H72N4. The zero-order chi connectivity index (χ0) is 31.2. The van der Waals surface area contributed by atoms with Crippen LogP contribution < -0.4 is 22.9 Å². The van der Waals surface area contributed by atoms with E-state index in [1.165, 1.54) is 148 Å². The number of rotatable bonds is 0. The summed E-state index contributed by atoms with van der Waals surface area (Å²) in [5.41, 5.74) is 25.7. The molecule has 0 spiro atoms. The minimum Gasteiger partial charge on any atom is -0.327 e. The van der Waals surface area contributed by atoms with Crippen LogP contribution in [0.1, 0.15) is 154 Å². The molecule has 8 N–H and O–H groups in total. The van der Waals surface area contributed by atoms with Crippen LogP contribution in [0.5, 0.6) is 0 Å². The highest BCUT2D eigenvalue weighted by atomic mass is 14.8. The Morgan fingerprint density at radius 2 is 0.522 bits per heavy atom. The predicted octanol–water partition coefficient (Wildman–Crippen LogP) is 8.15. The van der Waals surface area contributed by atoms with E-state index in [4.69, 9.17) is 22.9 Å². The van der Waals surface area contributed by atoms with Crippen LogP contribution in [0.25, 0.3) is 0 Å². The second-order valence-electron chi connectivity index (χ2n) is 21.3. The van der Waals surface area contributed by atoms with Gasteiger partial charge in [0.1, 0.15) is 0 Å². The maximum absolute atomic E-state index is 6.42. The van der Waals surface area contributed by atoms with E-state index in [2.05, 4.69) is 0 Å². The summed E-state index contributed by atoms with van der Waals surface area (Å²) in [6.45, 7) is 0. The molecule has 0 aromatic rings. The molecule has 0 heterocycles. The number of nitrogens with two attached hydrogens (primary N) is 4. The highest BCUT2D eigenvalue weighted by Gasteiger charge is 2.50. The molecular weight excluding hydrogens is 560 g/mol. The third-order valence-electron chi connectivity index (χ3n) is 17.4. The van der Waals surface area contributed by atoms with Crippen LogP contribution in [-0.2, 0) is 0 Å². The van der Waals surface area contributed by atoms with E-state index in [1.54, 1.807) is 6.42 Å². The summed E-state index contributed by atoms with van der Waals surface area (Å²) in [6, 6.07) is 1.17. The predicted molar refractivity (Wildman–Crippen MR) is 189 cm³/mol. The fourth-order valence-corrected chi connectivity index (χ4v) is 16.5. The molecule has 16 aliphatic carbocycles. The molecule has 16 aliphatic rings. The Bertz CT molecular complexity index is 974. The Morgan fingerprint density at radius 1 is 0.283 bits per heavy atom. The van der Waals surface area contributed by atoms with Crippen molar-refractivity contribution in [1.82, 2.24) is 0 Å². The molecule has 16 saturated carbocycles. The first-order chi connectivity index (χ1) is 22.1. The highest BCUT2D eigenvalue weighted by Crippen LogP contribution is 2.56. The van der Waals surface area contributed by atoms with E-state index in [9.17, 15) is 0 Å². The largest absolute Gasteiger partial charge is 0.327 e. The molecule has 0 aliphatic heterocycles. The van der Waals surface area contributed by atoms with Gasteiger partial charge < -0.3 is 22.9 Å². The van der Waals surface area contributed by atoms with Crippen molar-refractivity contribution in [3.05, 3.63) is 0 Å². The van der Waals surface area contributed by atoms with Crippen LogP contribution in [-0.4, -0.2) is 23.2 Å². The van der Waals surface area contributed by atoms with Gasteiger partial charge in [-0.1, -0.05) is 25.7 Å². The van der Waals surface area contributed by atoms with Crippen molar-refractivity contribution in [3.63, 3.8) is 0 Å². The van der Waals surface area contributed by atoms with Gasteiger partial charge >= 0.3 is 0 Å². The van der Waals surface area contributed by atoms with E-state index in [1.807, 2.05) is 0 Å². The van der Waals surface area contributed by atoms with Crippen LogP contribution in [0.2, 0.25) is 0 Å². The van der Waals surface area contributed by atoms with Gasteiger partial charge in [-0.15, -0.1) is 0 Å². The summed E-state index contributed by atoms with van der Waals surface area (Å²) >= 11 is 0. The minimum absolute atomic E-state index is 0.285. The summed E-state index contributed by atoms with van der Waals surface area (Å²) in [6.07, 6.45) is 34.9. The topological polar surface area (TPSA) is 104 Å². The van der Waals surface area contributed by atoms with Gasteiger partial charge in [0.15, 0.2) is 0 Å². The zero-order valence-corrected chi connectivity index (χ0v) is 29.5. The highest BCUT2D eigenvalue weighted by molar-refractivity contribution is 5.05. The van der Waals surface area contributed by atoms with E-state index in [-0.39, 0.29) is 5.54 Å². The van der Waals surface area contributed by atoms with Crippen LogP contribution >= 0.6 is 0 Å². The Balaban J connectivity index is 0.0000000846. The molecule has 0 amide bonds. The Hall–Kier alpha value is -0.160. The molecule has 16 fully saturated rings. The summed E-state index contributed by atoms with van der Waals surface area (Å²) < 4.78 is 0. The van der Waals surface area contributed by atoms with Gasteiger partial charge in [0, 0.05) is 23.2 Å². The monoisotopic (exact) mass is 633 g/mol. The van der Waals surface area contributed by atoms with E-state index >= 15 is 0 Å². The third kappa shape index (κ3) is 6.43. The van der Waals surface area contributed by atoms with Crippen molar-refractivity contribution in [2.75, 3.05) is 0 Å². The van der Waals surface area contributed by atoms with Crippen molar-refractivity contribution in [2.45, 2.75) is 177 Å². The molecule has 0 aromatic carbocycles. The Labute approximate surface area is 282 Å². The molecule has 0 radical (unpaired) electrons. The van der Waals surface area contributed by atoms with Crippen LogP contribution in [0.15, 0.2) is 0 Å². The van der Waals surface area contributed by atoms with Crippen molar-refractivity contribution >= 4 is 0 Å². The number of hydrogen-bond donors (Lipinski definition) is 4. The molecule has 16 rings (SSSR count). The molecule has 0 aromatic heterocycles. The first-order valence-corrected chi connectivity index (χ1v) is 21.2. The van der Waals surface area contributed by atoms with E-state index in [0.717, 1.165) is 82.9 Å². The van der Waals surface area contributed by atoms with Gasteiger partial charge in [-0.3, -0.25) is 0 Å². The summed E-state index contributed by atoms with van der Waals surface area (Å²) in [7, 11) is 0. The Morgan fingerprint density at radius 3 is 0.848 bits per heavy atom. The van der Waals surface area contributed by atoms with Gasteiger partial charge in [-0.25, -0.2) is 0 Å². The molecule has 4 heteroatoms. The molecule has 260 valence electrons. The van der Waals surface area contributed by atoms with Gasteiger partial charge in [-0.05, 0) is 211 Å². The second-order valence-corrected chi connectivity index (χ2v) is 21.3. The van der Waals surface area contributed by atoms with Gasteiger partial charge in [-0.2, -0.15) is 0 Å². The lowest BCUT2D eigenvalue weighted by atomic mass is 9.53. The molecule has 46 heavy (non-hydrogen) atoms. The van der Waals surface area contributed by atoms with Gasteiger partial charge in [0.05, 0.1) is 0 Å². The fourth-order valence-electron chi connectivity index (χ4n) is 16.5. The van der Waals surface area contributed by atoms with Crippen molar-refractivity contribution in [2.24, 2.45) is 106 Å². The molecule has 4 nitrogen and oxygen atoms in total. The van der Waals surface area contributed by atoms with Gasteiger partial charge in [0.2, 0.25) is 0 Å². The van der Waals surface area contributed by atoms with Crippen molar-refractivity contribution in [1.29, 1.82) is 0 Å². The lowest BCUT2D eigenvalue weighted by molar-refractivity contribution is 0.000283. The zero-order valence-electron chi connectivity index (χ0n) is 29.5. The SMILES string of the molecule is NC12CC3CC(CC(C3)C1)C2.NC12CC3CCC(CC(C3)C1)C2.NC1C2CC3CC(C2)CC1C3.NC1C2CC3CCC(C2)CC1C3. The minimum atomic E-state index is 0.285. The van der Waals surface area contributed by atoms with Crippen LogP contribution in [0.4, 0.5) is 0 Å². The van der Waals surface area contributed by atoms with Crippen molar-refractivity contribution < 1.29 is 0 Å². The van der Waals surface area contributed by atoms with Crippen LogP contribution in [0, 0.1) is 82.9 Å². The maximum atomic E-state index is 6.42. The smallest absolute Gasteiger partial charge is 0.0162 e. The fraction of sp³-hybridized carbons (Fsp3) is 1.00. The Kier molecular flexibility index (Phi) is 8.47. The third-order valence-corrected chi connectivity index (χ3v) is 17.4. The number of fused-ring (bicyclic) bond motifs is 2. The molecule has 2 atom stereocenters. The molecule has 0 saturated heterocycles. The molecule has 2 unspecified atom stereocenters. The summed E-state index contributed by atoms with van der Waals surface area (Å²) in [5, 5.41) is 0. The standard InChI is InChI=1S/2C11H19N.2C10H17N/c12-11-5-8-1-2-9(6-11)4-10(3-8)7-11;12-11-9-3-7-1-2-8(5-9)6-10(11)4-7;11-10-4-7-1-8(5-10)3-9(2-7)6-10;11-10-8-2-6-1-7(4-8)5-9(10)3-6/h8-10H,1-7,12H2;7-11H,1-6,12H2;7-9H,1-6,11H2;6-10H,1-5,11H2. The van der Waals surface area contributed by atoms with E-state index in [0.29, 0.717) is 17.6 Å². The first-order valence-electron chi connectivity index (χ1n) is 21.2. The normalized spacial score (nSPS) is 58.7.